The number of hydrogen-bond donors (Lipinski definition) is 1. The van der Waals surface area contributed by atoms with Crippen LogP contribution >= 0.6 is 0 Å². The number of para-hydroxylation sites is 1. The smallest absolute Gasteiger partial charge is 0.272 e. The van der Waals surface area contributed by atoms with Gasteiger partial charge in [0.2, 0.25) is 5.95 Å². The van der Waals surface area contributed by atoms with E-state index >= 15 is 0 Å². The number of aromatic nitrogens is 2. The number of amides is 1. The van der Waals surface area contributed by atoms with Gasteiger partial charge >= 0.3 is 0 Å². The molecule has 1 aromatic heterocycles. The fourth-order valence-corrected chi connectivity index (χ4v) is 2.06. The zero-order chi connectivity index (χ0) is 15.2. The van der Waals surface area contributed by atoms with E-state index < -0.39 is 0 Å². The highest BCUT2D eigenvalue weighted by atomic mass is 16.2. The van der Waals surface area contributed by atoms with Crippen molar-refractivity contribution in [3.63, 3.8) is 0 Å². The Morgan fingerprint density at radius 3 is 2.43 bits per heavy atom. The maximum Gasteiger partial charge on any atom is 0.272 e. The van der Waals surface area contributed by atoms with Gasteiger partial charge in [-0.3, -0.25) is 4.79 Å². The lowest BCUT2D eigenvalue weighted by molar-refractivity contribution is 0.0767. The predicted molar refractivity (Wildman–Crippen MR) is 83.7 cm³/mol. The molecular weight excluding hydrogens is 264 g/mol. The summed E-state index contributed by atoms with van der Waals surface area (Å²) in [5.74, 6) is 0.373. The molecule has 1 aromatic carbocycles. The van der Waals surface area contributed by atoms with Crippen molar-refractivity contribution in [1.82, 2.24) is 14.9 Å². The summed E-state index contributed by atoms with van der Waals surface area (Å²) in [5, 5.41) is 3.12. The Morgan fingerprint density at radius 1 is 1.14 bits per heavy atom. The van der Waals surface area contributed by atoms with E-state index in [9.17, 15) is 4.79 Å². The molecular formula is C16H20N4O. The van der Waals surface area contributed by atoms with Crippen molar-refractivity contribution in [3.05, 3.63) is 47.8 Å². The summed E-state index contributed by atoms with van der Waals surface area (Å²) in [7, 11) is 0. The summed E-state index contributed by atoms with van der Waals surface area (Å²) >= 11 is 0. The van der Waals surface area contributed by atoms with Gasteiger partial charge in [0.15, 0.2) is 0 Å². The second-order valence-electron chi connectivity index (χ2n) is 4.69. The van der Waals surface area contributed by atoms with Gasteiger partial charge in [0.05, 0.1) is 0 Å². The molecule has 5 nitrogen and oxygen atoms in total. The summed E-state index contributed by atoms with van der Waals surface area (Å²) in [5.41, 5.74) is 2.08. The molecule has 0 saturated heterocycles. The molecule has 0 atom stereocenters. The average molecular weight is 284 g/mol. The molecule has 2 aromatic rings. The van der Waals surface area contributed by atoms with Crippen LogP contribution in [0.4, 0.5) is 11.6 Å². The van der Waals surface area contributed by atoms with E-state index in [0.717, 1.165) is 11.4 Å². The largest absolute Gasteiger partial charge is 0.338 e. The standard InChI is InChI=1S/C16H20N4O/c1-4-20(5-2)15(21)14-11-12(3)17-16(19-14)18-13-9-7-6-8-10-13/h6-11H,4-5H2,1-3H3,(H,17,18,19). The van der Waals surface area contributed by atoms with Crippen molar-refractivity contribution in [1.29, 1.82) is 0 Å². The van der Waals surface area contributed by atoms with Crippen LogP contribution in [-0.4, -0.2) is 33.9 Å². The third-order valence-corrected chi connectivity index (χ3v) is 3.15. The maximum absolute atomic E-state index is 12.4. The van der Waals surface area contributed by atoms with Crippen molar-refractivity contribution in [2.45, 2.75) is 20.8 Å². The van der Waals surface area contributed by atoms with Crippen LogP contribution in [0, 0.1) is 6.92 Å². The molecule has 110 valence electrons. The maximum atomic E-state index is 12.4. The fourth-order valence-electron chi connectivity index (χ4n) is 2.06. The number of carbonyl (C=O) groups excluding carboxylic acids is 1. The summed E-state index contributed by atoms with van der Waals surface area (Å²) in [4.78, 5) is 22.8. The second kappa shape index (κ2) is 6.83. The van der Waals surface area contributed by atoms with Crippen LogP contribution < -0.4 is 5.32 Å². The van der Waals surface area contributed by atoms with Gasteiger partial charge in [-0.25, -0.2) is 9.97 Å². The number of benzene rings is 1. The molecule has 5 heteroatoms. The van der Waals surface area contributed by atoms with Crippen LogP contribution in [0.15, 0.2) is 36.4 Å². The zero-order valence-corrected chi connectivity index (χ0v) is 12.6. The first kappa shape index (κ1) is 15.0. The molecule has 2 rings (SSSR count). The molecule has 0 radical (unpaired) electrons. The van der Waals surface area contributed by atoms with Crippen LogP contribution in [0.2, 0.25) is 0 Å². The van der Waals surface area contributed by atoms with E-state index in [0.29, 0.717) is 24.7 Å². The summed E-state index contributed by atoms with van der Waals surface area (Å²) in [6.07, 6.45) is 0. The van der Waals surface area contributed by atoms with Crippen LogP contribution in [0.5, 0.6) is 0 Å². The minimum Gasteiger partial charge on any atom is -0.338 e. The van der Waals surface area contributed by atoms with Gasteiger partial charge in [0.25, 0.3) is 5.91 Å². The molecule has 0 unspecified atom stereocenters. The van der Waals surface area contributed by atoms with E-state index in [-0.39, 0.29) is 5.91 Å². The van der Waals surface area contributed by atoms with E-state index in [1.54, 1.807) is 11.0 Å². The van der Waals surface area contributed by atoms with Crippen molar-refractivity contribution < 1.29 is 4.79 Å². The van der Waals surface area contributed by atoms with Gasteiger partial charge in [-0.05, 0) is 39.0 Å². The number of anilines is 2. The van der Waals surface area contributed by atoms with Gasteiger partial charge in [-0.1, -0.05) is 18.2 Å². The zero-order valence-electron chi connectivity index (χ0n) is 12.6. The fraction of sp³-hybridized carbons (Fsp3) is 0.312. The van der Waals surface area contributed by atoms with Crippen molar-refractivity contribution in [2.24, 2.45) is 0 Å². The molecule has 21 heavy (non-hydrogen) atoms. The Labute approximate surface area is 125 Å². The first-order valence-electron chi connectivity index (χ1n) is 7.11. The Morgan fingerprint density at radius 2 is 1.81 bits per heavy atom. The number of nitrogens with one attached hydrogen (secondary N) is 1. The van der Waals surface area contributed by atoms with Crippen LogP contribution in [0.3, 0.4) is 0 Å². The van der Waals surface area contributed by atoms with Gasteiger partial charge in [-0.15, -0.1) is 0 Å². The lowest BCUT2D eigenvalue weighted by atomic mass is 10.3. The van der Waals surface area contributed by atoms with Crippen LogP contribution in [0.25, 0.3) is 0 Å². The first-order chi connectivity index (χ1) is 10.1. The van der Waals surface area contributed by atoms with E-state index in [4.69, 9.17) is 0 Å². The molecule has 1 amide bonds. The van der Waals surface area contributed by atoms with Crippen LogP contribution in [-0.2, 0) is 0 Å². The van der Waals surface area contributed by atoms with E-state index in [1.165, 1.54) is 0 Å². The predicted octanol–water partition coefficient (Wildman–Crippen LogP) is 3.01. The number of aryl methyl sites for hydroxylation is 1. The normalized spacial score (nSPS) is 10.2. The molecule has 1 N–H and O–H groups in total. The highest BCUT2D eigenvalue weighted by Gasteiger charge is 2.15. The Kier molecular flexibility index (Phi) is 4.87. The van der Waals surface area contributed by atoms with Crippen molar-refractivity contribution in [2.75, 3.05) is 18.4 Å². The van der Waals surface area contributed by atoms with Gasteiger partial charge < -0.3 is 10.2 Å². The average Bonchev–Trinajstić information content (AvgIpc) is 2.49. The monoisotopic (exact) mass is 284 g/mol. The molecule has 0 fully saturated rings. The topological polar surface area (TPSA) is 58.1 Å². The second-order valence-corrected chi connectivity index (χ2v) is 4.69. The highest BCUT2D eigenvalue weighted by Crippen LogP contribution is 2.14. The third-order valence-electron chi connectivity index (χ3n) is 3.15. The Bertz CT molecular complexity index is 609. The lowest BCUT2D eigenvalue weighted by Crippen LogP contribution is -2.31. The molecule has 0 aliphatic carbocycles. The van der Waals surface area contributed by atoms with Crippen molar-refractivity contribution >= 4 is 17.5 Å². The molecule has 0 aliphatic heterocycles. The minimum atomic E-state index is -0.0680. The molecule has 0 spiro atoms. The third kappa shape index (κ3) is 3.78. The Balaban J connectivity index is 2.27. The molecule has 0 saturated carbocycles. The molecule has 0 aliphatic rings. The SMILES string of the molecule is CCN(CC)C(=O)c1cc(C)nc(Nc2ccccc2)n1. The highest BCUT2D eigenvalue weighted by molar-refractivity contribution is 5.92. The summed E-state index contributed by atoms with van der Waals surface area (Å²) in [6.45, 7) is 7.10. The van der Waals surface area contributed by atoms with Gasteiger partial charge in [-0.2, -0.15) is 0 Å². The first-order valence-corrected chi connectivity index (χ1v) is 7.11. The number of carbonyl (C=O) groups is 1. The van der Waals surface area contributed by atoms with Crippen LogP contribution in [0.1, 0.15) is 30.0 Å². The van der Waals surface area contributed by atoms with Gasteiger partial charge in [0.1, 0.15) is 5.69 Å². The molecule has 0 bridgehead atoms. The summed E-state index contributed by atoms with van der Waals surface area (Å²) < 4.78 is 0. The van der Waals surface area contributed by atoms with Gasteiger partial charge in [0, 0.05) is 24.5 Å². The van der Waals surface area contributed by atoms with E-state index in [2.05, 4.69) is 15.3 Å². The summed E-state index contributed by atoms with van der Waals surface area (Å²) in [6, 6.07) is 11.4. The number of nitrogens with zero attached hydrogens (tertiary/aromatic N) is 3. The lowest BCUT2D eigenvalue weighted by Gasteiger charge is -2.18. The van der Waals surface area contributed by atoms with Crippen molar-refractivity contribution in [3.8, 4) is 0 Å². The quantitative estimate of drug-likeness (QED) is 0.917. The van der Waals surface area contributed by atoms with E-state index in [1.807, 2.05) is 51.1 Å². The number of rotatable bonds is 5. The Hall–Kier alpha value is -2.43. The molecule has 1 heterocycles. The minimum absolute atomic E-state index is 0.0680. The number of hydrogen-bond acceptors (Lipinski definition) is 4.